The monoisotopic (exact) mass is 385 g/mol. The number of aromatic nitrogens is 2. The van der Waals surface area contributed by atoms with Crippen LogP contribution in [0.5, 0.6) is 0 Å². The van der Waals surface area contributed by atoms with Crippen LogP contribution in [0.3, 0.4) is 0 Å². The van der Waals surface area contributed by atoms with Gasteiger partial charge in [0.05, 0.1) is 11.3 Å². The summed E-state index contributed by atoms with van der Waals surface area (Å²) < 4.78 is 40.7. The Bertz CT molecular complexity index is 962. The summed E-state index contributed by atoms with van der Waals surface area (Å²) >= 11 is 7.32. The molecule has 0 spiro atoms. The summed E-state index contributed by atoms with van der Waals surface area (Å²) in [4.78, 5) is 12.4. The fourth-order valence-corrected chi connectivity index (χ4v) is 3.70. The zero-order chi connectivity index (χ0) is 18.4. The number of alkyl halides is 3. The number of amides is 1. The van der Waals surface area contributed by atoms with Crippen LogP contribution in [0, 0.1) is 0 Å². The van der Waals surface area contributed by atoms with E-state index in [0.717, 1.165) is 10.2 Å². The van der Waals surface area contributed by atoms with Gasteiger partial charge in [-0.05, 0) is 29.1 Å². The fourth-order valence-electron chi connectivity index (χ4n) is 2.61. The van der Waals surface area contributed by atoms with Gasteiger partial charge in [0.15, 0.2) is 5.69 Å². The number of aryl methyl sites for hydroxylation is 1. The van der Waals surface area contributed by atoms with E-state index in [1.807, 2.05) is 0 Å². The highest BCUT2D eigenvalue weighted by molar-refractivity contribution is 7.14. The van der Waals surface area contributed by atoms with Crippen molar-refractivity contribution in [3.63, 3.8) is 0 Å². The Labute approximate surface area is 149 Å². The van der Waals surface area contributed by atoms with E-state index in [1.165, 1.54) is 18.4 Å². The van der Waals surface area contributed by atoms with Crippen molar-refractivity contribution in [2.45, 2.75) is 6.18 Å². The SMILES string of the molecule is Cn1nc(C(F)(F)F)c(C(N)=O)c1-c1ccsc1-c1cccc(Cl)c1. The molecule has 2 heterocycles. The number of carbonyl (C=O) groups is 1. The van der Waals surface area contributed by atoms with Crippen LogP contribution in [0.1, 0.15) is 16.1 Å². The number of nitrogens with zero attached hydrogens (tertiary/aromatic N) is 2. The summed E-state index contributed by atoms with van der Waals surface area (Å²) in [6, 6.07) is 8.54. The average molecular weight is 386 g/mol. The molecular weight excluding hydrogens is 375 g/mol. The van der Waals surface area contributed by atoms with Crippen LogP contribution >= 0.6 is 22.9 Å². The van der Waals surface area contributed by atoms with Gasteiger partial charge in [0.25, 0.3) is 5.91 Å². The van der Waals surface area contributed by atoms with Gasteiger partial charge in [-0.3, -0.25) is 9.48 Å². The minimum atomic E-state index is -4.79. The van der Waals surface area contributed by atoms with Crippen LogP contribution in [0.15, 0.2) is 35.7 Å². The molecule has 2 N–H and O–H groups in total. The molecule has 3 rings (SSSR count). The predicted molar refractivity (Wildman–Crippen MR) is 90.5 cm³/mol. The molecule has 4 nitrogen and oxygen atoms in total. The van der Waals surface area contributed by atoms with E-state index in [4.69, 9.17) is 17.3 Å². The van der Waals surface area contributed by atoms with E-state index < -0.39 is 23.3 Å². The lowest BCUT2D eigenvalue weighted by atomic mass is 10.0. The van der Waals surface area contributed by atoms with E-state index in [2.05, 4.69) is 5.10 Å². The Morgan fingerprint density at radius 1 is 1.32 bits per heavy atom. The summed E-state index contributed by atoms with van der Waals surface area (Å²) in [5, 5.41) is 5.69. The molecular formula is C16H11ClF3N3OS. The lowest BCUT2D eigenvalue weighted by Crippen LogP contribution is -2.18. The number of nitrogens with two attached hydrogens (primary N) is 1. The highest BCUT2D eigenvalue weighted by Crippen LogP contribution is 2.42. The Hall–Kier alpha value is -2.32. The summed E-state index contributed by atoms with van der Waals surface area (Å²) in [6.45, 7) is 0. The molecule has 0 aliphatic rings. The lowest BCUT2D eigenvalue weighted by molar-refractivity contribution is -0.141. The topological polar surface area (TPSA) is 60.9 Å². The first-order valence-corrected chi connectivity index (χ1v) is 8.23. The van der Waals surface area contributed by atoms with Crippen LogP contribution < -0.4 is 5.73 Å². The second-order valence-electron chi connectivity index (χ2n) is 5.23. The minimum Gasteiger partial charge on any atom is -0.365 e. The standard InChI is InChI=1S/C16H11ClF3N3OS/c1-23-12(11(15(21)24)14(22-23)16(18,19)20)10-5-6-25-13(10)8-3-2-4-9(17)7-8/h2-7H,1H3,(H2,21,24). The van der Waals surface area contributed by atoms with E-state index in [-0.39, 0.29) is 5.69 Å². The fraction of sp³-hybridized carbons (Fsp3) is 0.125. The lowest BCUT2D eigenvalue weighted by Gasteiger charge is -2.08. The van der Waals surface area contributed by atoms with Gasteiger partial charge in [-0.15, -0.1) is 11.3 Å². The van der Waals surface area contributed by atoms with Crippen LogP contribution in [-0.4, -0.2) is 15.7 Å². The van der Waals surface area contributed by atoms with Crippen molar-refractivity contribution >= 4 is 28.8 Å². The first-order chi connectivity index (χ1) is 11.7. The molecule has 9 heteroatoms. The van der Waals surface area contributed by atoms with Crippen molar-refractivity contribution < 1.29 is 18.0 Å². The van der Waals surface area contributed by atoms with Gasteiger partial charge in [0.2, 0.25) is 0 Å². The number of hydrogen-bond acceptors (Lipinski definition) is 3. The normalized spacial score (nSPS) is 11.7. The maximum atomic E-state index is 13.2. The number of halogens is 4. The first-order valence-electron chi connectivity index (χ1n) is 6.98. The second-order valence-corrected chi connectivity index (χ2v) is 6.58. The Balaban J connectivity index is 2.28. The number of primary amides is 1. The number of carbonyl (C=O) groups excluding carboxylic acids is 1. The summed E-state index contributed by atoms with van der Waals surface area (Å²) in [5.41, 5.74) is 4.49. The smallest absolute Gasteiger partial charge is 0.365 e. The van der Waals surface area contributed by atoms with Crippen molar-refractivity contribution in [3.8, 4) is 21.7 Å². The number of hydrogen-bond donors (Lipinski definition) is 1. The molecule has 0 radical (unpaired) electrons. The van der Waals surface area contributed by atoms with Gasteiger partial charge in [0.1, 0.15) is 0 Å². The van der Waals surface area contributed by atoms with Gasteiger partial charge in [-0.2, -0.15) is 18.3 Å². The number of benzene rings is 1. The van der Waals surface area contributed by atoms with Crippen LogP contribution in [0.4, 0.5) is 13.2 Å². The van der Waals surface area contributed by atoms with Crippen LogP contribution in [0.2, 0.25) is 5.02 Å². The number of thiophene rings is 1. The molecule has 3 aromatic rings. The average Bonchev–Trinajstić information content (AvgIpc) is 3.10. The highest BCUT2D eigenvalue weighted by atomic mass is 35.5. The molecule has 1 amide bonds. The Morgan fingerprint density at radius 2 is 2.04 bits per heavy atom. The molecule has 0 bridgehead atoms. The van der Waals surface area contributed by atoms with E-state index in [0.29, 0.717) is 15.5 Å². The zero-order valence-electron chi connectivity index (χ0n) is 12.8. The second kappa shape index (κ2) is 6.20. The van der Waals surface area contributed by atoms with Crippen molar-refractivity contribution in [1.82, 2.24) is 9.78 Å². The molecule has 0 saturated carbocycles. The van der Waals surface area contributed by atoms with Gasteiger partial charge in [-0.25, -0.2) is 0 Å². The van der Waals surface area contributed by atoms with Gasteiger partial charge in [0, 0.05) is 22.5 Å². The summed E-state index contributed by atoms with van der Waals surface area (Å²) in [6.07, 6.45) is -4.79. The molecule has 25 heavy (non-hydrogen) atoms. The van der Waals surface area contributed by atoms with Gasteiger partial charge in [-0.1, -0.05) is 23.7 Å². The third-order valence-electron chi connectivity index (χ3n) is 3.57. The maximum Gasteiger partial charge on any atom is 0.435 e. The van der Waals surface area contributed by atoms with Crippen LogP contribution in [-0.2, 0) is 13.2 Å². The van der Waals surface area contributed by atoms with Crippen molar-refractivity contribution in [3.05, 3.63) is 52.0 Å². The van der Waals surface area contributed by atoms with E-state index in [9.17, 15) is 18.0 Å². The molecule has 0 unspecified atom stereocenters. The maximum absolute atomic E-state index is 13.2. The van der Waals surface area contributed by atoms with E-state index >= 15 is 0 Å². The first kappa shape index (κ1) is 17.5. The third-order valence-corrected chi connectivity index (χ3v) is 4.77. The molecule has 130 valence electrons. The van der Waals surface area contributed by atoms with Crippen molar-refractivity contribution in [2.24, 2.45) is 12.8 Å². The molecule has 0 atom stereocenters. The van der Waals surface area contributed by atoms with Gasteiger partial charge >= 0.3 is 6.18 Å². The summed E-state index contributed by atoms with van der Waals surface area (Å²) in [7, 11) is 1.34. The molecule has 0 aliphatic carbocycles. The van der Waals surface area contributed by atoms with E-state index in [1.54, 1.807) is 35.7 Å². The predicted octanol–water partition coefficient (Wildman–Crippen LogP) is 4.59. The molecule has 2 aromatic heterocycles. The third kappa shape index (κ3) is 3.14. The molecule has 0 fully saturated rings. The molecule has 0 aliphatic heterocycles. The molecule has 0 saturated heterocycles. The summed E-state index contributed by atoms with van der Waals surface area (Å²) in [5.74, 6) is -1.18. The highest BCUT2D eigenvalue weighted by Gasteiger charge is 2.41. The Kier molecular flexibility index (Phi) is 4.34. The largest absolute Gasteiger partial charge is 0.435 e. The Morgan fingerprint density at radius 3 is 2.64 bits per heavy atom. The number of rotatable bonds is 3. The quantitative estimate of drug-likeness (QED) is 0.717. The van der Waals surface area contributed by atoms with Crippen molar-refractivity contribution in [2.75, 3.05) is 0 Å². The zero-order valence-corrected chi connectivity index (χ0v) is 14.3. The molecule has 1 aromatic carbocycles. The van der Waals surface area contributed by atoms with Crippen LogP contribution in [0.25, 0.3) is 21.7 Å². The van der Waals surface area contributed by atoms with Gasteiger partial charge < -0.3 is 5.73 Å². The van der Waals surface area contributed by atoms with Crippen molar-refractivity contribution in [1.29, 1.82) is 0 Å². The minimum absolute atomic E-state index is 0.0241.